The molecule has 3 nitrogen and oxygen atoms in total. The Labute approximate surface area is 118 Å². The number of likely N-dealkylation sites (tertiary alicyclic amines) is 1. The van der Waals surface area contributed by atoms with Crippen molar-refractivity contribution in [1.29, 1.82) is 0 Å². The highest BCUT2D eigenvalue weighted by atomic mass is 15.3. The first-order chi connectivity index (χ1) is 8.94. The minimum Gasteiger partial charge on any atom is -0.356 e. The molecule has 0 aromatic carbocycles. The lowest BCUT2D eigenvalue weighted by molar-refractivity contribution is 0.151. The predicted octanol–water partition coefficient (Wildman–Crippen LogP) is 3.26. The van der Waals surface area contributed by atoms with Gasteiger partial charge in [0.05, 0.1) is 0 Å². The minimum atomic E-state index is 0.439. The average molecular weight is 265 g/mol. The van der Waals surface area contributed by atoms with E-state index in [0.717, 1.165) is 12.5 Å². The summed E-state index contributed by atoms with van der Waals surface area (Å²) in [5, 5.41) is 3.55. The van der Waals surface area contributed by atoms with Crippen LogP contribution in [0.3, 0.4) is 0 Å². The standard InChI is InChI=1S/C16H31N3/c1-15(2,3)7-6-11-18-14(17-4)19-12-10-16(13-19)8-5-9-16/h5-13H2,1-4H3,(H,17,18). The molecule has 110 valence electrons. The van der Waals surface area contributed by atoms with Gasteiger partial charge in [0.2, 0.25) is 0 Å². The topological polar surface area (TPSA) is 27.6 Å². The molecule has 3 heteroatoms. The van der Waals surface area contributed by atoms with Crippen LogP contribution in [-0.4, -0.2) is 37.5 Å². The fourth-order valence-corrected chi connectivity index (χ4v) is 3.35. The van der Waals surface area contributed by atoms with E-state index in [4.69, 9.17) is 0 Å². The fraction of sp³-hybridized carbons (Fsp3) is 0.938. The molecule has 0 aromatic rings. The van der Waals surface area contributed by atoms with Crippen LogP contribution in [-0.2, 0) is 0 Å². The molecule has 1 N–H and O–H groups in total. The van der Waals surface area contributed by atoms with Gasteiger partial charge in [0, 0.05) is 26.7 Å². The van der Waals surface area contributed by atoms with Crippen molar-refractivity contribution in [3.63, 3.8) is 0 Å². The molecule has 1 saturated heterocycles. The van der Waals surface area contributed by atoms with Gasteiger partial charge in [-0.05, 0) is 42.9 Å². The first-order valence-corrected chi connectivity index (χ1v) is 7.90. The van der Waals surface area contributed by atoms with Gasteiger partial charge in [-0.2, -0.15) is 0 Å². The molecule has 1 saturated carbocycles. The first-order valence-electron chi connectivity index (χ1n) is 7.90. The van der Waals surface area contributed by atoms with Crippen molar-refractivity contribution in [3.05, 3.63) is 0 Å². The van der Waals surface area contributed by atoms with E-state index in [-0.39, 0.29) is 0 Å². The maximum atomic E-state index is 4.46. The molecule has 0 amide bonds. The first kappa shape index (κ1) is 14.7. The number of nitrogens with one attached hydrogen (secondary N) is 1. The maximum Gasteiger partial charge on any atom is 0.193 e. The largest absolute Gasteiger partial charge is 0.356 e. The van der Waals surface area contributed by atoms with Gasteiger partial charge >= 0.3 is 0 Å². The number of rotatable bonds is 3. The second kappa shape index (κ2) is 5.72. The van der Waals surface area contributed by atoms with Crippen molar-refractivity contribution in [2.75, 3.05) is 26.7 Å². The SMILES string of the molecule is CN=C(NCCCC(C)(C)C)N1CCC2(CCC2)C1. The maximum absolute atomic E-state index is 4.46. The molecule has 1 heterocycles. The molecule has 2 aliphatic rings. The van der Waals surface area contributed by atoms with Crippen molar-refractivity contribution in [2.45, 2.75) is 59.3 Å². The molecular weight excluding hydrogens is 234 g/mol. The zero-order valence-corrected chi connectivity index (χ0v) is 13.3. The van der Waals surface area contributed by atoms with Gasteiger partial charge in [-0.25, -0.2) is 0 Å². The smallest absolute Gasteiger partial charge is 0.193 e. The van der Waals surface area contributed by atoms with Crippen LogP contribution in [0.15, 0.2) is 4.99 Å². The molecule has 2 rings (SSSR count). The molecule has 2 fully saturated rings. The van der Waals surface area contributed by atoms with Gasteiger partial charge in [0.15, 0.2) is 5.96 Å². The highest BCUT2D eigenvalue weighted by molar-refractivity contribution is 5.80. The number of aliphatic imine (C=N–C) groups is 1. The van der Waals surface area contributed by atoms with Gasteiger partial charge in [0.1, 0.15) is 0 Å². The zero-order chi connectivity index (χ0) is 13.9. The van der Waals surface area contributed by atoms with Crippen LogP contribution >= 0.6 is 0 Å². The minimum absolute atomic E-state index is 0.439. The van der Waals surface area contributed by atoms with Gasteiger partial charge in [0.25, 0.3) is 0 Å². The van der Waals surface area contributed by atoms with Gasteiger partial charge in [-0.15, -0.1) is 0 Å². The Morgan fingerprint density at radius 3 is 2.47 bits per heavy atom. The molecule has 0 bridgehead atoms. The van der Waals surface area contributed by atoms with Crippen molar-refractivity contribution < 1.29 is 0 Å². The summed E-state index contributed by atoms with van der Waals surface area (Å²) in [5.41, 5.74) is 1.10. The summed E-state index contributed by atoms with van der Waals surface area (Å²) in [5.74, 6) is 1.12. The van der Waals surface area contributed by atoms with Gasteiger partial charge in [-0.1, -0.05) is 27.2 Å². The van der Waals surface area contributed by atoms with E-state index in [2.05, 4.69) is 36.0 Å². The highest BCUT2D eigenvalue weighted by Gasteiger charge is 2.43. The molecule has 19 heavy (non-hydrogen) atoms. The molecule has 1 aliphatic carbocycles. The summed E-state index contributed by atoms with van der Waals surface area (Å²) >= 11 is 0. The lowest BCUT2D eigenvalue weighted by Crippen LogP contribution is -2.42. The molecule has 0 aromatic heterocycles. The van der Waals surface area contributed by atoms with Crippen LogP contribution < -0.4 is 5.32 Å². The van der Waals surface area contributed by atoms with Crippen LogP contribution in [0.5, 0.6) is 0 Å². The van der Waals surface area contributed by atoms with Crippen molar-refractivity contribution in [2.24, 2.45) is 15.8 Å². The van der Waals surface area contributed by atoms with Crippen LogP contribution in [0.4, 0.5) is 0 Å². The van der Waals surface area contributed by atoms with E-state index in [9.17, 15) is 0 Å². The summed E-state index contributed by atoms with van der Waals surface area (Å²) in [7, 11) is 1.91. The Morgan fingerprint density at radius 2 is 2.00 bits per heavy atom. The Bertz CT molecular complexity index is 323. The van der Waals surface area contributed by atoms with Crippen LogP contribution in [0.1, 0.15) is 59.3 Å². The number of nitrogens with zero attached hydrogens (tertiary/aromatic N) is 2. The van der Waals surface area contributed by atoms with Crippen LogP contribution in [0, 0.1) is 10.8 Å². The van der Waals surface area contributed by atoms with E-state index < -0.39 is 0 Å². The van der Waals surface area contributed by atoms with E-state index in [0.29, 0.717) is 10.8 Å². The average Bonchev–Trinajstić information content (AvgIpc) is 2.72. The summed E-state index contributed by atoms with van der Waals surface area (Å²) in [6.45, 7) is 10.4. The predicted molar refractivity (Wildman–Crippen MR) is 82.5 cm³/mol. The third-order valence-corrected chi connectivity index (χ3v) is 4.75. The molecule has 0 unspecified atom stereocenters. The Kier molecular flexibility index (Phi) is 4.42. The summed E-state index contributed by atoms with van der Waals surface area (Å²) in [6.07, 6.45) is 8.17. The zero-order valence-electron chi connectivity index (χ0n) is 13.3. The number of guanidine groups is 1. The van der Waals surface area contributed by atoms with Crippen molar-refractivity contribution >= 4 is 5.96 Å². The monoisotopic (exact) mass is 265 g/mol. The third-order valence-electron chi connectivity index (χ3n) is 4.75. The third kappa shape index (κ3) is 3.87. The fourth-order valence-electron chi connectivity index (χ4n) is 3.35. The van der Waals surface area contributed by atoms with E-state index in [1.165, 1.54) is 51.6 Å². The molecular formula is C16H31N3. The van der Waals surface area contributed by atoms with Gasteiger partial charge < -0.3 is 10.2 Å². The summed E-state index contributed by atoms with van der Waals surface area (Å²) in [4.78, 5) is 6.93. The second-order valence-electron chi connectivity index (χ2n) is 7.66. The quantitative estimate of drug-likeness (QED) is 0.482. The van der Waals surface area contributed by atoms with Crippen molar-refractivity contribution in [1.82, 2.24) is 10.2 Å². The Hall–Kier alpha value is -0.730. The Morgan fingerprint density at radius 1 is 1.26 bits per heavy atom. The van der Waals surface area contributed by atoms with E-state index >= 15 is 0 Å². The van der Waals surface area contributed by atoms with Crippen LogP contribution in [0.2, 0.25) is 0 Å². The highest BCUT2D eigenvalue weighted by Crippen LogP contribution is 2.47. The van der Waals surface area contributed by atoms with E-state index in [1.807, 2.05) is 7.05 Å². The number of hydrogen-bond donors (Lipinski definition) is 1. The lowest BCUT2D eigenvalue weighted by atomic mass is 9.68. The van der Waals surface area contributed by atoms with Crippen molar-refractivity contribution in [3.8, 4) is 0 Å². The molecule has 0 atom stereocenters. The number of hydrogen-bond acceptors (Lipinski definition) is 1. The molecule has 1 spiro atoms. The normalized spacial score (nSPS) is 22.7. The second-order valence-corrected chi connectivity index (χ2v) is 7.66. The van der Waals surface area contributed by atoms with E-state index in [1.54, 1.807) is 0 Å². The molecule has 0 radical (unpaired) electrons. The van der Waals surface area contributed by atoms with Crippen LogP contribution in [0.25, 0.3) is 0 Å². The Balaban J connectivity index is 1.72. The summed E-state index contributed by atoms with van der Waals surface area (Å²) in [6, 6.07) is 0. The molecule has 1 aliphatic heterocycles. The van der Waals surface area contributed by atoms with Gasteiger partial charge in [-0.3, -0.25) is 4.99 Å². The summed E-state index contributed by atoms with van der Waals surface area (Å²) < 4.78 is 0. The lowest BCUT2D eigenvalue weighted by Gasteiger charge is -2.38.